The number of non-ortho nitro benzene ring substituents is 1. The number of rotatable bonds is 6. The number of nitrogens with one attached hydrogen (secondary N) is 1. The smallest absolute Gasteiger partial charge is 0.273 e. The monoisotopic (exact) mass is 290 g/mol. The van der Waals surface area contributed by atoms with Crippen molar-refractivity contribution in [3.05, 3.63) is 28.3 Å². The van der Waals surface area contributed by atoms with Gasteiger partial charge in [0.1, 0.15) is 10.6 Å². The van der Waals surface area contributed by atoms with Crippen molar-refractivity contribution in [2.75, 3.05) is 13.7 Å². The molecular weight excluding hydrogens is 276 g/mol. The molecule has 0 bridgehead atoms. The Morgan fingerprint density at radius 3 is 2.63 bits per heavy atom. The predicted octanol–water partition coefficient (Wildman–Crippen LogP) is 0.263. The van der Waals surface area contributed by atoms with Gasteiger partial charge in [0, 0.05) is 12.1 Å². The van der Waals surface area contributed by atoms with E-state index in [2.05, 4.69) is 4.72 Å². The second-order valence-corrected chi connectivity index (χ2v) is 5.48. The first-order valence-corrected chi connectivity index (χ1v) is 6.75. The zero-order valence-electron chi connectivity index (χ0n) is 10.4. The third-order valence-electron chi connectivity index (χ3n) is 2.28. The van der Waals surface area contributed by atoms with Crippen molar-refractivity contribution in [2.45, 2.75) is 17.9 Å². The summed E-state index contributed by atoms with van der Waals surface area (Å²) in [6.45, 7) is 1.12. The van der Waals surface area contributed by atoms with Gasteiger partial charge in [-0.2, -0.15) is 0 Å². The Morgan fingerprint density at radius 2 is 2.16 bits per heavy atom. The van der Waals surface area contributed by atoms with E-state index in [-0.39, 0.29) is 22.9 Å². The quantitative estimate of drug-likeness (QED) is 0.573. The Kier molecular flexibility index (Phi) is 4.81. The number of aliphatic hydroxyl groups is 1. The Bertz CT molecular complexity index is 571. The van der Waals surface area contributed by atoms with Gasteiger partial charge in [-0.25, -0.2) is 13.1 Å². The first kappa shape index (κ1) is 15.3. The van der Waals surface area contributed by atoms with Crippen molar-refractivity contribution in [3.8, 4) is 5.75 Å². The van der Waals surface area contributed by atoms with Crippen LogP contribution in [-0.4, -0.2) is 38.2 Å². The Morgan fingerprint density at radius 1 is 1.53 bits per heavy atom. The minimum absolute atomic E-state index is 0.133. The number of aliphatic hydroxyl groups excluding tert-OH is 1. The molecular formula is C10H14N2O6S. The summed E-state index contributed by atoms with van der Waals surface area (Å²) >= 11 is 0. The molecule has 0 spiro atoms. The molecule has 0 radical (unpaired) electrons. The van der Waals surface area contributed by atoms with Crippen molar-refractivity contribution in [1.82, 2.24) is 4.72 Å². The van der Waals surface area contributed by atoms with Gasteiger partial charge in [-0.3, -0.25) is 10.1 Å². The van der Waals surface area contributed by atoms with Crippen LogP contribution in [0.1, 0.15) is 6.92 Å². The molecule has 19 heavy (non-hydrogen) atoms. The Balaban J connectivity index is 3.23. The summed E-state index contributed by atoms with van der Waals surface area (Å²) in [7, 11) is -2.70. The summed E-state index contributed by atoms with van der Waals surface area (Å²) in [5, 5.41) is 19.4. The van der Waals surface area contributed by atoms with E-state index in [1.807, 2.05) is 0 Å². The largest absolute Gasteiger partial charge is 0.495 e. The topological polar surface area (TPSA) is 119 Å². The molecule has 0 aliphatic rings. The fourth-order valence-corrected chi connectivity index (χ4v) is 2.74. The van der Waals surface area contributed by atoms with Crippen molar-refractivity contribution < 1.29 is 23.2 Å². The molecule has 0 saturated carbocycles. The molecule has 0 aliphatic carbocycles. The van der Waals surface area contributed by atoms with Crippen LogP contribution >= 0.6 is 0 Å². The molecule has 0 saturated heterocycles. The molecule has 2 N–H and O–H groups in total. The fourth-order valence-electron chi connectivity index (χ4n) is 1.36. The van der Waals surface area contributed by atoms with Crippen LogP contribution in [0.3, 0.4) is 0 Å². The summed E-state index contributed by atoms with van der Waals surface area (Å²) in [6, 6.07) is 2.51. The first-order valence-electron chi connectivity index (χ1n) is 5.27. The second-order valence-electron chi connectivity index (χ2n) is 3.80. The molecule has 106 valence electrons. The molecule has 1 atom stereocenters. The van der Waals surface area contributed by atoms with Gasteiger partial charge in [-0.1, -0.05) is 0 Å². The molecule has 0 heterocycles. The standard InChI is InChI=1S/C10H14N2O6S/c1-7(6-13)11-19(16,17)10-4-3-8(12(14)15)5-9(10)18-2/h3-5,7,11,13H,6H2,1-2H3. The molecule has 8 nitrogen and oxygen atoms in total. The first-order chi connectivity index (χ1) is 8.81. The SMILES string of the molecule is COc1cc([N+](=O)[O-])ccc1S(=O)(=O)NC(C)CO. The Labute approximate surface area is 110 Å². The maximum atomic E-state index is 12.0. The van der Waals surface area contributed by atoms with E-state index >= 15 is 0 Å². The number of methoxy groups -OCH3 is 1. The number of nitro groups is 1. The van der Waals surface area contributed by atoms with E-state index in [9.17, 15) is 18.5 Å². The number of hydrogen-bond acceptors (Lipinski definition) is 6. The van der Waals surface area contributed by atoms with E-state index in [0.29, 0.717) is 0 Å². The number of nitro benzene ring substituents is 1. The van der Waals surface area contributed by atoms with Crippen LogP contribution in [0.25, 0.3) is 0 Å². The number of ether oxygens (including phenoxy) is 1. The molecule has 1 aromatic rings. The predicted molar refractivity (Wildman–Crippen MR) is 66.5 cm³/mol. The van der Waals surface area contributed by atoms with Crippen LogP contribution in [0.4, 0.5) is 5.69 Å². The molecule has 0 aliphatic heterocycles. The highest BCUT2D eigenvalue weighted by atomic mass is 32.2. The number of sulfonamides is 1. The normalized spacial score (nSPS) is 13.0. The van der Waals surface area contributed by atoms with Gasteiger partial charge in [0.25, 0.3) is 5.69 Å². The van der Waals surface area contributed by atoms with Crippen molar-refractivity contribution in [1.29, 1.82) is 0 Å². The van der Waals surface area contributed by atoms with E-state index in [1.165, 1.54) is 14.0 Å². The third-order valence-corrected chi connectivity index (χ3v) is 3.91. The summed E-state index contributed by atoms with van der Waals surface area (Å²) < 4.78 is 31.1. The van der Waals surface area contributed by atoms with Crippen LogP contribution in [0.15, 0.2) is 23.1 Å². The summed E-state index contributed by atoms with van der Waals surface area (Å²) in [5.41, 5.74) is -0.272. The third kappa shape index (κ3) is 3.63. The van der Waals surface area contributed by atoms with Gasteiger partial charge in [0.2, 0.25) is 10.0 Å². The van der Waals surface area contributed by atoms with E-state index in [0.717, 1.165) is 18.2 Å². The van der Waals surface area contributed by atoms with Gasteiger partial charge in [-0.15, -0.1) is 0 Å². The second kappa shape index (κ2) is 5.95. The lowest BCUT2D eigenvalue weighted by Crippen LogP contribution is -2.35. The van der Waals surface area contributed by atoms with Crippen LogP contribution < -0.4 is 9.46 Å². The summed E-state index contributed by atoms with van der Waals surface area (Å²) in [6.07, 6.45) is 0. The number of benzene rings is 1. The highest BCUT2D eigenvalue weighted by Crippen LogP contribution is 2.28. The number of nitrogens with zero attached hydrogens (tertiary/aromatic N) is 1. The van der Waals surface area contributed by atoms with Crippen molar-refractivity contribution >= 4 is 15.7 Å². The zero-order valence-corrected chi connectivity index (χ0v) is 11.2. The molecule has 0 fully saturated rings. The summed E-state index contributed by atoms with van der Waals surface area (Å²) in [5.74, 6) is -0.133. The molecule has 0 amide bonds. The van der Waals surface area contributed by atoms with Gasteiger partial charge >= 0.3 is 0 Å². The minimum atomic E-state index is -3.91. The molecule has 1 unspecified atom stereocenters. The molecule has 1 rings (SSSR count). The summed E-state index contributed by atoms with van der Waals surface area (Å²) in [4.78, 5) is 9.73. The average Bonchev–Trinajstić information content (AvgIpc) is 2.37. The van der Waals surface area contributed by atoms with Crippen LogP contribution in [-0.2, 0) is 10.0 Å². The van der Waals surface area contributed by atoms with Gasteiger partial charge in [0.05, 0.1) is 24.7 Å². The highest BCUT2D eigenvalue weighted by Gasteiger charge is 2.23. The lowest BCUT2D eigenvalue weighted by Gasteiger charge is -2.13. The van der Waals surface area contributed by atoms with E-state index in [1.54, 1.807) is 0 Å². The van der Waals surface area contributed by atoms with E-state index in [4.69, 9.17) is 9.84 Å². The van der Waals surface area contributed by atoms with Crippen molar-refractivity contribution in [3.63, 3.8) is 0 Å². The van der Waals surface area contributed by atoms with E-state index < -0.39 is 21.0 Å². The lowest BCUT2D eigenvalue weighted by molar-refractivity contribution is -0.385. The average molecular weight is 290 g/mol. The maximum absolute atomic E-state index is 12.0. The van der Waals surface area contributed by atoms with Gasteiger partial charge in [0.15, 0.2) is 0 Å². The fraction of sp³-hybridized carbons (Fsp3) is 0.400. The molecule has 0 aromatic heterocycles. The zero-order chi connectivity index (χ0) is 14.6. The minimum Gasteiger partial charge on any atom is -0.495 e. The lowest BCUT2D eigenvalue weighted by atomic mass is 10.3. The Hall–Kier alpha value is -1.71. The molecule has 1 aromatic carbocycles. The van der Waals surface area contributed by atoms with Gasteiger partial charge < -0.3 is 9.84 Å². The highest BCUT2D eigenvalue weighted by molar-refractivity contribution is 7.89. The van der Waals surface area contributed by atoms with Crippen LogP contribution in [0.5, 0.6) is 5.75 Å². The number of hydrogen-bond donors (Lipinski definition) is 2. The van der Waals surface area contributed by atoms with Crippen LogP contribution in [0.2, 0.25) is 0 Å². The maximum Gasteiger partial charge on any atom is 0.273 e. The molecule has 9 heteroatoms. The van der Waals surface area contributed by atoms with Crippen LogP contribution in [0, 0.1) is 10.1 Å². The van der Waals surface area contributed by atoms with Crippen molar-refractivity contribution in [2.24, 2.45) is 0 Å². The van der Waals surface area contributed by atoms with Gasteiger partial charge in [-0.05, 0) is 13.0 Å².